The summed E-state index contributed by atoms with van der Waals surface area (Å²) in [5.74, 6) is 0.602. The Labute approximate surface area is 147 Å². The Kier molecular flexibility index (Phi) is 5.41. The van der Waals surface area contributed by atoms with Gasteiger partial charge >= 0.3 is 0 Å². The highest BCUT2D eigenvalue weighted by Gasteiger charge is 2.19. The Balaban J connectivity index is 1.93. The van der Waals surface area contributed by atoms with Crippen molar-refractivity contribution in [3.05, 3.63) is 95.6 Å². The second kappa shape index (κ2) is 7.90. The Morgan fingerprint density at radius 1 is 0.920 bits per heavy atom. The first-order valence-corrected chi connectivity index (χ1v) is 8.23. The molecule has 0 spiro atoms. The maximum Gasteiger partial charge on any atom is 0.123 e. The van der Waals surface area contributed by atoms with Crippen molar-refractivity contribution in [2.45, 2.75) is 19.0 Å². The zero-order valence-electron chi connectivity index (χ0n) is 14.3. The fourth-order valence-corrected chi connectivity index (χ4v) is 2.96. The summed E-state index contributed by atoms with van der Waals surface area (Å²) in [6.45, 7) is 2.09. The molecule has 0 unspecified atom stereocenters. The molecule has 25 heavy (non-hydrogen) atoms. The van der Waals surface area contributed by atoms with E-state index in [1.807, 2.05) is 48.5 Å². The number of nitrogens with one attached hydrogen (secondary N) is 1. The van der Waals surface area contributed by atoms with Crippen molar-refractivity contribution >= 4 is 0 Å². The summed E-state index contributed by atoms with van der Waals surface area (Å²) in [7, 11) is 1.67. The van der Waals surface area contributed by atoms with E-state index >= 15 is 0 Å². The molecule has 0 bridgehead atoms. The van der Waals surface area contributed by atoms with Crippen LogP contribution in [-0.4, -0.2) is 12.1 Å². The number of pyridine rings is 1. The molecular formula is C21H21FN2O. The van der Waals surface area contributed by atoms with Crippen LogP contribution in [0.25, 0.3) is 0 Å². The number of ether oxygens (including phenoxy) is 1. The molecule has 3 aromatic rings. The van der Waals surface area contributed by atoms with E-state index in [9.17, 15) is 4.39 Å². The van der Waals surface area contributed by atoms with Crippen LogP contribution in [0.3, 0.4) is 0 Å². The number of halogens is 1. The Hall–Kier alpha value is -2.72. The number of methoxy groups -OCH3 is 1. The fraction of sp³-hybridized carbons (Fsp3) is 0.190. The summed E-state index contributed by atoms with van der Waals surface area (Å²) in [5.41, 5.74) is 3.14. The number of nitrogens with zero attached hydrogens (tertiary/aromatic N) is 1. The van der Waals surface area contributed by atoms with Gasteiger partial charge in [0, 0.05) is 24.0 Å². The van der Waals surface area contributed by atoms with Gasteiger partial charge in [-0.15, -0.1) is 0 Å². The molecule has 0 aliphatic heterocycles. The standard InChI is InChI=1S/C21H21FN2O/c1-15(19-5-3-4-6-20(19)25-2)24-21(17-11-13-23-14-12-17)16-7-9-18(22)10-8-16/h3-15,21,24H,1-2H3/t15-,21+/m1/s1. The number of hydrogen-bond acceptors (Lipinski definition) is 3. The van der Waals surface area contributed by atoms with Crippen LogP contribution in [0.1, 0.15) is 35.7 Å². The minimum atomic E-state index is -0.241. The molecule has 0 aliphatic carbocycles. The van der Waals surface area contributed by atoms with Gasteiger partial charge in [0.1, 0.15) is 11.6 Å². The van der Waals surface area contributed by atoms with Crippen molar-refractivity contribution in [3.8, 4) is 5.75 Å². The molecule has 128 valence electrons. The van der Waals surface area contributed by atoms with Crippen molar-refractivity contribution in [1.29, 1.82) is 0 Å². The van der Waals surface area contributed by atoms with Crippen molar-refractivity contribution < 1.29 is 9.13 Å². The van der Waals surface area contributed by atoms with Gasteiger partial charge < -0.3 is 4.74 Å². The van der Waals surface area contributed by atoms with Crippen LogP contribution in [0.15, 0.2) is 73.1 Å². The smallest absolute Gasteiger partial charge is 0.123 e. The first-order valence-electron chi connectivity index (χ1n) is 8.23. The normalized spacial score (nSPS) is 13.2. The van der Waals surface area contributed by atoms with Crippen molar-refractivity contribution in [3.63, 3.8) is 0 Å². The number of hydrogen-bond donors (Lipinski definition) is 1. The molecule has 0 amide bonds. The van der Waals surface area contributed by atoms with E-state index in [1.54, 1.807) is 19.5 Å². The monoisotopic (exact) mass is 336 g/mol. The largest absolute Gasteiger partial charge is 0.496 e. The molecule has 0 radical (unpaired) electrons. The SMILES string of the molecule is COc1ccccc1[C@@H](C)N[C@H](c1ccncc1)c1ccc(F)cc1. The van der Waals surface area contributed by atoms with E-state index in [0.29, 0.717) is 0 Å². The van der Waals surface area contributed by atoms with Gasteiger partial charge in [0.15, 0.2) is 0 Å². The maximum absolute atomic E-state index is 13.3. The van der Waals surface area contributed by atoms with Crippen molar-refractivity contribution in [1.82, 2.24) is 10.3 Å². The third kappa shape index (κ3) is 4.03. The van der Waals surface area contributed by atoms with Crippen molar-refractivity contribution in [2.24, 2.45) is 0 Å². The molecular weight excluding hydrogens is 315 g/mol. The molecule has 1 heterocycles. The van der Waals surface area contributed by atoms with Crippen LogP contribution in [-0.2, 0) is 0 Å². The lowest BCUT2D eigenvalue weighted by molar-refractivity contribution is 0.398. The Bertz CT molecular complexity index is 806. The zero-order chi connectivity index (χ0) is 17.6. The van der Waals surface area contributed by atoms with Gasteiger partial charge in [-0.05, 0) is 48.4 Å². The molecule has 3 nitrogen and oxygen atoms in total. The summed E-state index contributed by atoms with van der Waals surface area (Å²) in [6, 6.07) is 18.4. The minimum Gasteiger partial charge on any atom is -0.496 e. The van der Waals surface area contributed by atoms with E-state index in [2.05, 4.69) is 17.2 Å². The quantitative estimate of drug-likeness (QED) is 0.710. The van der Waals surface area contributed by atoms with Gasteiger partial charge in [-0.25, -0.2) is 4.39 Å². The predicted octanol–water partition coefficient (Wildman–Crippen LogP) is 4.67. The van der Waals surface area contributed by atoms with Gasteiger partial charge in [-0.1, -0.05) is 30.3 Å². The van der Waals surface area contributed by atoms with Crippen LogP contribution >= 0.6 is 0 Å². The molecule has 2 atom stereocenters. The van der Waals surface area contributed by atoms with Crippen molar-refractivity contribution in [2.75, 3.05) is 7.11 Å². The molecule has 3 rings (SSSR count). The van der Waals surface area contributed by atoms with Gasteiger partial charge in [-0.2, -0.15) is 0 Å². The molecule has 0 saturated carbocycles. The second-order valence-electron chi connectivity index (χ2n) is 5.90. The molecule has 4 heteroatoms. The number of para-hydroxylation sites is 1. The van der Waals surface area contributed by atoms with Crippen LogP contribution < -0.4 is 10.1 Å². The number of aromatic nitrogens is 1. The Morgan fingerprint density at radius 3 is 2.24 bits per heavy atom. The van der Waals surface area contributed by atoms with Crippen LogP contribution in [0.4, 0.5) is 4.39 Å². The minimum absolute atomic E-state index is 0.0411. The summed E-state index contributed by atoms with van der Waals surface area (Å²) in [5, 5.41) is 3.63. The van der Waals surface area contributed by atoms with Gasteiger partial charge in [0.25, 0.3) is 0 Å². The average molecular weight is 336 g/mol. The van der Waals surface area contributed by atoms with Gasteiger partial charge in [0.05, 0.1) is 13.2 Å². The highest BCUT2D eigenvalue weighted by atomic mass is 19.1. The summed E-state index contributed by atoms with van der Waals surface area (Å²) >= 11 is 0. The summed E-state index contributed by atoms with van der Waals surface area (Å²) in [4.78, 5) is 4.09. The van der Waals surface area contributed by atoms with E-state index in [0.717, 1.165) is 22.4 Å². The lowest BCUT2D eigenvalue weighted by Crippen LogP contribution is -2.26. The number of rotatable bonds is 6. The summed E-state index contributed by atoms with van der Waals surface area (Å²) in [6.07, 6.45) is 3.53. The van der Waals surface area contributed by atoms with Crippen LogP contribution in [0.5, 0.6) is 5.75 Å². The fourth-order valence-electron chi connectivity index (χ4n) is 2.96. The third-order valence-electron chi connectivity index (χ3n) is 4.26. The topological polar surface area (TPSA) is 34.1 Å². The molecule has 1 aromatic heterocycles. The van der Waals surface area contributed by atoms with Crippen LogP contribution in [0, 0.1) is 5.82 Å². The van der Waals surface area contributed by atoms with E-state index in [4.69, 9.17) is 4.74 Å². The highest BCUT2D eigenvalue weighted by molar-refractivity contribution is 5.37. The zero-order valence-corrected chi connectivity index (χ0v) is 14.3. The average Bonchev–Trinajstić information content (AvgIpc) is 2.67. The predicted molar refractivity (Wildman–Crippen MR) is 97.0 cm³/mol. The Morgan fingerprint density at radius 2 is 1.56 bits per heavy atom. The molecule has 0 saturated heterocycles. The molecule has 0 fully saturated rings. The van der Waals surface area contributed by atoms with Gasteiger partial charge in [-0.3, -0.25) is 10.3 Å². The lowest BCUT2D eigenvalue weighted by Gasteiger charge is -2.25. The molecule has 1 N–H and O–H groups in total. The molecule has 0 aliphatic rings. The first-order chi connectivity index (χ1) is 12.2. The lowest BCUT2D eigenvalue weighted by atomic mass is 9.97. The van der Waals surface area contributed by atoms with E-state index in [1.165, 1.54) is 12.1 Å². The highest BCUT2D eigenvalue weighted by Crippen LogP contribution is 2.29. The second-order valence-corrected chi connectivity index (χ2v) is 5.90. The third-order valence-corrected chi connectivity index (χ3v) is 4.26. The molecule has 2 aromatic carbocycles. The van der Waals surface area contributed by atoms with Gasteiger partial charge in [0.2, 0.25) is 0 Å². The number of benzene rings is 2. The van der Waals surface area contributed by atoms with Crippen LogP contribution in [0.2, 0.25) is 0 Å². The van der Waals surface area contributed by atoms with E-state index in [-0.39, 0.29) is 17.9 Å². The summed E-state index contributed by atoms with van der Waals surface area (Å²) < 4.78 is 18.8. The first kappa shape index (κ1) is 17.1. The van der Waals surface area contributed by atoms with E-state index < -0.39 is 0 Å². The maximum atomic E-state index is 13.3.